The van der Waals surface area contributed by atoms with Crippen LogP contribution in [0.2, 0.25) is 0 Å². The SMILES string of the molecule is C=C(C)[C@@H]1CC[C@]2(C(=O)OCc3cn(-c4cc(F)c(F)cc4Br)nn3)CC[C@]3(C)[C@H](CC[C@@H]4[C@@]5(C)CC[C@H](O)C(C)(C)[C@@H]5CC[C@]43C)[C@@H]12. The topological polar surface area (TPSA) is 77.2 Å². The van der Waals surface area contributed by atoms with Gasteiger partial charge in [0, 0.05) is 10.5 Å². The van der Waals surface area contributed by atoms with Crippen molar-refractivity contribution in [1.82, 2.24) is 15.0 Å². The minimum atomic E-state index is -0.981. The molecule has 5 saturated carbocycles. The van der Waals surface area contributed by atoms with Gasteiger partial charge in [-0.2, -0.15) is 0 Å². The van der Waals surface area contributed by atoms with Crippen molar-refractivity contribution in [2.24, 2.45) is 56.7 Å². The molecule has 6 nitrogen and oxygen atoms in total. The van der Waals surface area contributed by atoms with Crippen LogP contribution in [0, 0.1) is 68.3 Å². The van der Waals surface area contributed by atoms with E-state index >= 15 is 0 Å². The molecular weight excluding hydrogens is 676 g/mol. The molecule has 0 aliphatic heterocycles. The first-order valence-corrected chi connectivity index (χ1v) is 18.9. The highest BCUT2D eigenvalue weighted by atomic mass is 79.9. The molecule has 0 amide bonds. The zero-order valence-electron chi connectivity index (χ0n) is 29.4. The molecule has 1 N–H and O–H groups in total. The van der Waals surface area contributed by atoms with E-state index < -0.39 is 17.0 Å². The molecule has 9 heteroatoms. The number of rotatable bonds is 5. The number of carbonyl (C=O) groups excluding carboxylic acids is 1. The number of aliphatic hydroxyl groups excluding tert-OH is 1. The molecule has 48 heavy (non-hydrogen) atoms. The summed E-state index contributed by atoms with van der Waals surface area (Å²) in [5.41, 5.74) is 1.74. The van der Waals surface area contributed by atoms with E-state index in [1.165, 1.54) is 23.1 Å². The first kappa shape index (κ1) is 34.3. The average Bonchev–Trinajstić information content (AvgIpc) is 3.66. The van der Waals surface area contributed by atoms with Gasteiger partial charge in [0.2, 0.25) is 0 Å². The predicted octanol–water partition coefficient (Wildman–Crippen LogP) is 9.37. The zero-order valence-corrected chi connectivity index (χ0v) is 31.0. The van der Waals surface area contributed by atoms with E-state index in [0.29, 0.717) is 33.6 Å². The Balaban J connectivity index is 1.15. The van der Waals surface area contributed by atoms with Gasteiger partial charge in [0.05, 0.1) is 23.4 Å². The standard InChI is InChI=1S/C39H52BrF2N3O3/c1-22(2)24-10-15-39(34(47)48-21-23-20-45(44-43-23)29-19-28(42)27(41)18-26(29)40)17-16-37(6)25(33(24)39)8-9-31-36(5)13-12-32(46)35(3,4)30(36)11-14-38(31,37)7/h18-20,24-25,30-33,46H,1,8-17,21H2,2-7H3/t24-,25+,30-,31+,32-,33+,36-,37+,38+,39-/m0/s1. The second-order valence-corrected chi connectivity index (χ2v) is 18.5. The molecule has 5 fully saturated rings. The molecule has 0 spiro atoms. The fraction of sp³-hybridized carbons (Fsp3) is 0.718. The summed E-state index contributed by atoms with van der Waals surface area (Å²) in [6.45, 7) is 18.9. The maximum Gasteiger partial charge on any atom is 0.312 e. The lowest BCUT2D eigenvalue weighted by molar-refractivity contribution is -0.248. The monoisotopic (exact) mass is 727 g/mol. The molecule has 262 valence electrons. The fourth-order valence-corrected chi connectivity index (χ4v) is 13.4. The largest absolute Gasteiger partial charge is 0.459 e. The summed E-state index contributed by atoms with van der Waals surface area (Å²) in [6.07, 6.45) is 11.5. The normalized spacial score (nSPS) is 41.5. The first-order valence-electron chi connectivity index (χ1n) is 18.1. The van der Waals surface area contributed by atoms with Crippen LogP contribution in [0.5, 0.6) is 0 Å². The van der Waals surface area contributed by atoms with Gasteiger partial charge >= 0.3 is 5.97 Å². The van der Waals surface area contributed by atoms with Crippen LogP contribution in [-0.4, -0.2) is 32.2 Å². The molecule has 7 rings (SSSR count). The quantitative estimate of drug-likeness (QED) is 0.189. The summed E-state index contributed by atoms with van der Waals surface area (Å²) >= 11 is 3.27. The lowest BCUT2D eigenvalue weighted by Gasteiger charge is -2.72. The Labute approximate surface area is 292 Å². The smallest absolute Gasteiger partial charge is 0.312 e. The minimum absolute atomic E-state index is 0.0323. The van der Waals surface area contributed by atoms with E-state index in [1.807, 2.05) is 0 Å². The fourth-order valence-electron chi connectivity index (χ4n) is 12.9. The summed E-state index contributed by atoms with van der Waals surface area (Å²) in [6, 6.07) is 2.11. The number of hydrogen-bond acceptors (Lipinski definition) is 5. The highest BCUT2D eigenvalue weighted by Crippen LogP contribution is 2.77. The molecule has 0 unspecified atom stereocenters. The van der Waals surface area contributed by atoms with E-state index in [4.69, 9.17) is 4.74 Å². The van der Waals surface area contributed by atoms with Crippen LogP contribution < -0.4 is 0 Å². The molecule has 10 atom stereocenters. The first-order chi connectivity index (χ1) is 22.5. The number of benzene rings is 1. The zero-order chi connectivity index (χ0) is 34.6. The van der Waals surface area contributed by atoms with Gasteiger partial charge in [0.1, 0.15) is 12.3 Å². The van der Waals surface area contributed by atoms with E-state index in [-0.39, 0.29) is 52.2 Å². The van der Waals surface area contributed by atoms with Crippen LogP contribution >= 0.6 is 15.9 Å². The van der Waals surface area contributed by atoms with Crippen LogP contribution in [0.25, 0.3) is 5.69 Å². The molecular formula is C39H52BrF2N3O3. The van der Waals surface area contributed by atoms with Gasteiger partial charge in [0.25, 0.3) is 0 Å². The number of hydrogen-bond donors (Lipinski definition) is 1. The number of allylic oxidation sites excluding steroid dienone is 1. The minimum Gasteiger partial charge on any atom is -0.459 e. The summed E-state index contributed by atoms with van der Waals surface area (Å²) in [5.74, 6) is -0.105. The molecule has 0 saturated heterocycles. The lowest BCUT2D eigenvalue weighted by Crippen LogP contribution is -2.67. The van der Waals surface area contributed by atoms with Crippen LogP contribution in [0.3, 0.4) is 0 Å². The van der Waals surface area contributed by atoms with Crippen molar-refractivity contribution in [2.45, 2.75) is 118 Å². The summed E-state index contributed by atoms with van der Waals surface area (Å²) in [7, 11) is 0. The highest BCUT2D eigenvalue weighted by molar-refractivity contribution is 9.10. The number of aliphatic hydroxyl groups is 1. The van der Waals surface area contributed by atoms with E-state index in [1.54, 1.807) is 6.20 Å². The Bertz CT molecular complexity index is 1640. The van der Waals surface area contributed by atoms with Gasteiger partial charge in [-0.15, -0.1) is 5.10 Å². The van der Waals surface area contributed by atoms with Crippen molar-refractivity contribution >= 4 is 21.9 Å². The predicted molar refractivity (Wildman–Crippen MR) is 184 cm³/mol. The number of fused-ring (bicyclic) bond motifs is 7. The number of halogens is 3. The van der Waals surface area contributed by atoms with E-state index in [2.05, 4.69) is 74.4 Å². The molecule has 5 aliphatic carbocycles. The van der Waals surface area contributed by atoms with Crippen molar-refractivity contribution in [2.75, 3.05) is 0 Å². The Kier molecular flexibility index (Phi) is 8.18. The van der Waals surface area contributed by atoms with Gasteiger partial charge in [-0.05, 0) is 144 Å². The van der Waals surface area contributed by atoms with Gasteiger partial charge in [0.15, 0.2) is 11.6 Å². The van der Waals surface area contributed by atoms with Crippen LogP contribution in [0.4, 0.5) is 8.78 Å². The molecule has 1 aromatic carbocycles. The molecule has 1 heterocycles. The second kappa shape index (κ2) is 11.4. The van der Waals surface area contributed by atoms with Gasteiger partial charge in [-0.1, -0.05) is 52.0 Å². The van der Waals surface area contributed by atoms with Crippen molar-refractivity contribution in [1.29, 1.82) is 0 Å². The number of ether oxygens (including phenoxy) is 1. The molecule has 0 radical (unpaired) electrons. The van der Waals surface area contributed by atoms with Crippen LogP contribution in [0.15, 0.2) is 35.0 Å². The molecule has 1 aromatic heterocycles. The Morgan fingerprint density at radius 2 is 1.71 bits per heavy atom. The van der Waals surface area contributed by atoms with Gasteiger partial charge < -0.3 is 9.84 Å². The molecule has 5 aliphatic rings. The average molecular weight is 729 g/mol. The molecule has 2 aromatic rings. The van der Waals surface area contributed by atoms with Gasteiger partial charge in [-0.3, -0.25) is 4.79 Å². The van der Waals surface area contributed by atoms with E-state index in [9.17, 15) is 18.7 Å². The van der Waals surface area contributed by atoms with Crippen molar-refractivity contribution < 1.29 is 23.4 Å². The Morgan fingerprint density at radius 3 is 2.44 bits per heavy atom. The summed E-state index contributed by atoms with van der Waals surface area (Å²) in [4.78, 5) is 14.4. The van der Waals surface area contributed by atoms with Crippen molar-refractivity contribution in [3.05, 3.63) is 52.3 Å². The maximum atomic E-state index is 14.4. The second-order valence-electron chi connectivity index (χ2n) is 17.7. The summed E-state index contributed by atoms with van der Waals surface area (Å²) in [5, 5.41) is 19.3. The Morgan fingerprint density at radius 1 is 0.979 bits per heavy atom. The van der Waals surface area contributed by atoms with Gasteiger partial charge in [-0.25, -0.2) is 13.5 Å². The number of aromatic nitrogens is 3. The van der Waals surface area contributed by atoms with Crippen molar-refractivity contribution in [3.63, 3.8) is 0 Å². The lowest BCUT2D eigenvalue weighted by atomic mass is 9.32. The van der Waals surface area contributed by atoms with E-state index in [0.717, 1.165) is 63.5 Å². The van der Waals surface area contributed by atoms with Crippen molar-refractivity contribution in [3.8, 4) is 5.69 Å². The number of carbonyl (C=O) groups is 1. The highest BCUT2D eigenvalue weighted by Gasteiger charge is 2.72. The van der Waals surface area contributed by atoms with Crippen LogP contribution in [-0.2, 0) is 16.1 Å². The third-order valence-electron chi connectivity index (χ3n) is 15.6. The maximum absolute atomic E-state index is 14.4. The number of esters is 1. The molecule has 0 bridgehead atoms. The van der Waals surface area contributed by atoms with Crippen LogP contribution in [0.1, 0.15) is 111 Å². The Hall–Kier alpha value is -2.13. The third kappa shape index (κ3) is 4.71. The summed E-state index contributed by atoms with van der Waals surface area (Å²) < 4.78 is 35.5. The number of nitrogens with zero attached hydrogens (tertiary/aromatic N) is 3. The third-order valence-corrected chi connectivity index (χ3v) is 16.2.